The molecule has 1 aromatic rings. The summed E-state index contributed by atoms with van der Waals surface area (Å²) in [6.07, 6.45) is 1.13. The van der Waals surface area contributed by atoms with Crippen molar-refractivity contribution < 1.29 is 0 Å². The van der Waals surface area contributed by atoms with E-state index >= 15 is 0 Å². The minimum absolute atomic E-state index is 0.203. The van der Waals surface area contributed by atoms with Crippen LogP contribution in [0, 0.1) is 6.92 Å². The van der Waals surface area contributed by atoms with Gasteiger partial charge in [-0.05, 0) is 27.2 Å². The first-order valence-electron chi connectivity index (χ1n) is 5.74. The lowest BCUT2D eigenvalue weighted by molar-refractivity contribution is 0.375. The average Bonchev–Trinajstić information content (AvgIpc) is 2.57. The van der Waals surface area contributed by atoms with Gasteiger partial charge in [0.05, 0.1) is 5.69 Å². The Hall–Kier alpha value is -0.610. The summed E-state index contributed by atoms with van der Waals surface area (Å²) in [5.74, 6) is 0. The summed E-state index contributed by atoms with van der Waals surface area (Å²) < 4.78 is 0. The number of rotatable bonds is 5. The SMILES string of the molecule is CCC(C)(C)NCc1sc(N(C)C)nc1C. The van der Waals surface area contributed by atoms with E-state index in [9.17, 15) is 0 Å². The second-order valence-corrected chi connectivity index (χ2v) is 6.05. The van der Waals surface area contributed by atoms with E-state index in [1.807, 2.05) is 14.1 Å². The summed E-state index contributed by atoms with van der Waals surface area (Å²) in [6, 6.07) is 0. The van der Waals surface area contributed by atoms with Crippen molar-refractivity contribution in [3.8, 4) is 0 Å². The van der Waals surface area contributed by atoms with Gasteiger partial charge in [0.1, 0.15) is 0 Å². The highest BCUT2D eigenvalue weighted by Crippen LogP contribution is 2.24. The first kappa shape index (κ1) is 13.5. The van der Waals surface area contributed by atoms with Crippen LogP contribution in [0.2, 0.25) is 0 Å². The molecule has 1 N–H and O–H groups in total. The van der Waals surface area contributed by atoms with Crippen LogP contribution in [0.25, 0.3) is 0 Å². The molecule has 0 unspecified atom stereocenters. The van der Waals surface area contributed by atoms with Crippen molar-refractivity contribution in [3.63, 3.8) is 0 Å². The Kier molecular flexibility index (Phi) is 4.33. The van der Waals surface area contributed by atoms with Gasteiger partial charge in [0.2, 0.25) is 0 Å². The summed E-state index contributed by atoms with van der Waals surface area (Å²) in [5.41, 5.74) is 1.35. The van der Waals surface area contributed by atoms with E-state index in [0.717, 1.165) is 23.8 Å². The number of nitrogens with zero attached hydrogens (tertiary/aromatic N) is 2. The van der Waals surface area contributed by atoms with Crippen LogP contribution in [-0.2, 0) is 6.54 Å². The molecule has 0 radical (unpaired) electrons. The van der Waals surface area contributed by atoms with Crippen LogP contribution >= 0.6 is 11.3 Å². The maximum Gasteiger partial charge on any atom is 0.185 e. The van der Waals surface area contributed by atoms with Gasteiger partial charge in [-0.25, -0.2) is 4.98 Å². The average molecular weight is 241 g/mol. The quantitative estimate of drug-likeness (QED) is 0.859. The van der Waals surface area contributed by atoms with E-state index in [4.69, 9.17) is 0 Å². The number of thiazole rings is 1. The van der Waals surface area contributed by atoms with Crippen molar-refractivity contribution in [2.75, 3.05) is 19.0 Å². The van der Waals surface area contributed by atoms with Crippen LogP contribution in [0.1, 0.15) is 37.8 Å². The Labute approximate surface area is 103 Å². The molecule has 92 valence electrons. The molecule has 0 amide bonds. The largest absolute Gasteiger partial charge is 0.354 e. The topological polar surface area (TPSA) is 28.2 Å². The maximum absolute atomic E-state index is 4.54. The predicted octanol–water partition coefficient (Wildman–Crippen LogP) is 2.80. The minimum Gasteiger partial charge on any atom is -0.354 e. The molecule has 0 aliphatic rings. The fourth-order valence-corrected chi connectivity index (χ4v) is 2.14. The lowest BCUT2D eigenvalue weighted by Gasteiger charge is -2.24. The second-order valence-electron chi connectivity index (χ2n) is 4.99. The summed E-state index contributed by atoms with van der Waals surface area (Å²) in [7, 11) is 4.07. The third kappa shape index (κ3) is 3.46. The molecule has 1 rings (SSSR count). The number of aromatic nitrogens is 1. The molecule has 16 heavy (non-hydrogen) atoms. The van der Waals surface area contributed by atoms with Crippen LogP contribution in [0.4, 0.5) is 5.13 Å². The lowest BCUT2D eigenvalue weighted by atomic mass is 10.0. The van der Waals surface area contributed by atoms with Crippen molar-refractivity contribution in [1.82, 2.24) is 10.3 Å². The van der Waals surface area contributed by atoms with Crippen molar-refractivity contribution in [1.29, 1.82) is 0 Å². The van der Waals surface area contributed by atoms with E-state index in [2.05, 4.69) is 42.9 Å². The Morgan fingerprint density at radius 2 is 2.00 bits per heavy atom. The minimum atomic E-state index is 0.203. The summed E-state index contributed by atoms with van der Waals surface area (Å²) in [4.78, 5) is 7.94. The van der Waals surface area contributed by atoms with Gasteiger partial charge in [0.25, 0.3) is 0 Å². The first-order valence-corrected chi connectivity index (χ1v) is 6.56. The lowest BCUT2D eigenvalue weighted by Crippen LogP contribution is -2.37. The monoisotopic (exact) mass is 241 g/mol. The van der Waals surface area contributed by atoms with Crippen LogP contribution in [0.15, 0.2) is 0 Å². The Balaban J connectivity index is 2.67. The predicted molar refractivity (Wildman–Crippen MR) is 72.4 cm³/mol. The van der Waals surface area contributed by atoms with Gasteiger partial charge in [-0.3, -0.25) is 0 Å². The Morgan fingerprint density at radius 1 is 1.38 bits per heavy atom. The van der Waals surface area contributed by atoms with Gasteiger partial charge in [-0.15, -0.1) is 11.3 Å². The molecule has 0 saturated carbocycles. The normalized spacial score (nSPS) is 11.9. The smallest absolute Gasteiger partial charge is 0.185 e. The fraction of sp³-hybridized carbons (Fsp3) is 0.750. The highest BCUT2D eigenvalue weighted by Gasteiger charge is 2.16. The molecule has 4 heteroatoms. The number of nitrogens with one attached hydrogen (secondary N) is 1. The Morgan fingerprint density at radius 3 is 2.44 bits per heavy atom. The van der Waals surface area contributed by atoms with Gasteiger partial charge in [0.15, 0.2) is 5.13 Å². The zero-order valence-electron chi connectivity index (χ0n) is 11.2. The number of hydrogen-bond acceptors (Lipinski definition) is 4. The molecule has 0 aromatic carbocycles. The van der Waals surface area contributed by atoms with E-state index < -0.39 is 0 Å². The molecule has 0 bridgehead atoms. The van der Waals surface area contributed by atoms with Crippen molar-refractivity contribution >= 4 is 16.5 Å². The van der Waals surface area contributed by atoms with Gasteiger partial charge in [-0.2, -0.15) is 0 Å². The van der Waals surface area contributed by atoms with Gasteiger partial charge in [0, 0.05) is 31.1 Å². The van der Waals surface area contributed by atoms with Crippen LogP contribution < -0.4 is 10.2 Å². The van der Waals surface area contributed by atoms with Gasteiger partial charge in [-0.1, -0.05) is 6.92 Å². The van der Waals surface area contributed by atoms with E-state index in [0.29, 0.717) is 0 Å². The van der Waals surface area contributed by atoms with Gasteiger partial charge < -0.3 is 10.2 Å². The third-order valence-corrected chi connectivity index (χ3v) is 4.20. The summed E-state index contributed by atoms with van der Waals surface area (Å²) in [5, 5.41) is 4.66. The first-order chi connectivity index (χ1) is 7.35. The molecule has 0 aliphatic heterocycles. The standard InChI is InChI=1S/C12H23N3S/c1-7-12(3,4)13-8-10-9(2)14-11(16-10)15(5)6/h13H,7-8H2,1-6H3. The molecule has 0 fully saturated rings. The number of aryl methyl sites for hydroxylation is 1. The van der Waals surface area contributed by atoms with Gasteiger partial charge >= 0.3 is 0 Å². The van der Waals surface area contributed by atoms with Crippen LogP contribution in [-0.4, -0.2) is 24.6 Å². The zero-order chi connectivity index (χ0) is 12.3. The van der Waals surface area contributed by atoms with E-state index in [-0.39, 0.29) is 5.54 Å². The Bertz CT molecular complexity index is 342. The van der Waals surface area contributed by atoms with Crippen LogP contribution in [0.3, 0.4) is 0 Å². The van der Waals surface area contributed by atoms with Crippen molar-refractivity contribution in [2.24, 2.45) is 0 Å². The zero-order valence-corrected chi connectivity index (χ0v) is 12.0. The fourth-order valence-electron chi connectivity index (χ4n) is 1.21. The molecule has 1 aromatic heterocycles. The third-order valence-electron chi connectivity index (χ3n) is 2.88. The highest BCUT2D eigenvalue weighted by atomic mass is 32.1. The molecule has 0 atom stereocenters. The molecular formula is C12H23N3S. The second kappa shape index (κ2) is 5.15. The van der Waals surface area contributed by atoms with Crippen LogP contribution in [0.5, 0.6) is 0 Å². The number of hydrogen-bond donors (Lipinski definition) is 1. The highest BCUT2D eigenvalue weighted by molar-refractivity contribution is 7.15. The van der Waals surface area contributed by atoms with Crippen molar-refractivity contribution in [3.05, 3.63) is 10.6 Å². The summed E-state index contributed by atoms with van der Waals surface area (Å²) >= 11 is 1.77. The van der Waals surface area contributed by atoms with E-state index in [1.54, 1.807) is 11.3 Å². The molecule has 1 heterocycles. The molecular weight excluding hydrogens is 218 g/mol. The van der Waals surface area contributed by atoms with Crippen molar-refractivity contribution in [2.45, 2.75) is 46.2 Å². The molecule has 0 aliphatic carbocycles. The number of anilines is 1. The molecule has 0 saturated heterocycles. The molecule has 3 nitrogen and oxygen atoms in total. The summed E-state index contributed by atoms with van der Waals surface area (Å²) in [6.45, 7) is 9.67. The maximum atomic E-state index is 4.54. The van der Waals surface area contributed by atoms with E-state index in [1.165, 1.54) is 4.88 Å². The molecule has 0 spiro atoms.